The molecule has 8 heteroatoms. The maximum atomic E-state index is 12.5. The van der Waals surface area contributed by atoms with Gasteiger partial charge in [-0.1, -0.05) is 11.6 Å². The van der Waals surface area contributed by atoms with Crippen LogP contribution >= 0.6 is 22.9 Å². The first kappa shape index (κ1) is 17.4. The Morgan fingerprint density at radius 2 is 2.29 bits per heavy atom. The number of rotatable bonds is 5. The average molecular weight is 376 g/mol. The average Bonchev–Trinajstić information content (AvgIpc) is 3.15. The second kappa shape index (κ2) is 7.21. The van der Waals surface area contributed by atoms with Crippen molar-refractivity contribution in [1.82, 2.24) is 5.32 Å². The highest BCUT2D eigenvalue weighted by atomic mass is 35.5. The predicted molar refractivity (Wildman–Crippen MR) is 89.4 cm³/mol. The van der Waals surface area contributed by atoms with Crippen LogP contribution in [0.15, 0.2) is 18.2 Å². The third kappa shape index (κ3) is 3.63. The molecule has 1 aromatic carbocycles. The predicted octanol–water partition coefficient (Wildman–Crippen LogP) is 4.45. The molecule has 2 heterocycles. The van der Waals surface area contributed by atoms with Crippen LogP contribution in [-0.2, 0) is 4.74 Å². The highest BCUT2D eigenvalue weighted by molar-refractivity contribution is 7.21. The van der Waals surface area contributed by atoms with Crippen molar-refractivity contribution in [1.29, 1.82) is 0 Å². The van der Waals surface area contributed by atoms with Crippen molar-refractivity contribution in [3.8, 4) is 5.75 Å². The molecule has 1 aliphatic rings. The van der Waals surface area contributed by atoms with Crippen LogP contribution in [0.3, 0.4) is 0 Å². The zero-order chi connectivity index (χ0) is 17.3. The van der Waals surface area contributed by atoms with Gasteiger partial charge in [-0.15, -0.1) is 11.3 Å². The lowest BCUT2D eigenvalue weighted by molar-refractivity contribution is -0.0497. The zero-order valence-corrected chi connectivity index (χ0v) is 14.4. The van der Waals surface area contributed by atoms with Crippen LogP contribution in [0.25, 0.3) is 10.1 Å². The molecular formula is C16H16ClF2NO3S. The SMILES string of the molecule is C[C@H](NC(=O)c1sc2cc(OC(F)F)ccc2c1Cl)[C@H]1CCCO1. The summed E-state index contributed by atoms with van der Waals surface area (Å²) in [6.07, 6.45) is 1.91. The number of benzene rings is 1. The van der Waals surface area contributed by atoms with Gasteiger partial charge in [-0.2, -0.15) is 8.78 Å². The Labute approximate surface area is 146 Å². The molecule has 2 atom stereocenters. The Balaban J connectivity index is 1.80. The Bertz CT molecular complexity index is 746. The molecule has 1 N–H and O–H groups in total. The van der Waals surface area contributed by atoms with Crippen molar-refractivity contribution < 1.29 is 23.0 Å². The quantitative estimate of drug-likeness (QED) is 0.839. The van der Waals surface area contributed by atoms with Gasteiger partial charge in [0.05, 0.1) is 17.2 Å². The molecular weight excluding hydrogens is 360 g/mol. The van der Waals surface area contributed by atoms with E-state index < -0.39 is 6.61 Å². The molecule has 0 spiro atoms. The molecule has 24 heavy (non-hydrogen) atoms. The van der Waals surface area contributed by atoms with Crippen LogP contribution in [0.2, 0.25) is 5.02 Å². The standard InChI is InChI=1S/C16H16ClF2NO3S/c1-8(11-3-2-6-22-11)20-15(21)14-13(17)10-5-4-9(23-16(18)19)7-12(10)24-14/h4-5,7-8,11,16H,2-3,6H2,1H3,(H,20,21)/t8-,11+/m0/s1. The number of nitrogens with one attached hydrogen (secondary N) is 1. The second-order valence-corrected chi connectivity index (χ2v) is 7.03. The molecule has 2 aromatic rings. The minimum atomic E-state index is -2.90. The van der Waals surface area contributed by atoms with Gasteiger partial charge in [-0.05, 0) is 38.0 Å². The van der Waals surface area contributed by atoms with Gasteiger partial charge in [0.1, 0.15) is 10.6 Å². The minimum Gasteiger partial charge on any atom is -0.435 e. The van der Waals surface area contributed by atoms with Crippen LogP contribution in [0.5, 0.6) is 5.75 Å². The van der Waals surface area contributed by atoms with Crippen LogP contribution in [0.4, 0.5) is 8.78 Å². The third-order valence-corrected chi connectivity index (χ3v) is 5.57. The summed E-state index contributed by atoms with van der Waals surface area (Å²) in [5, 5.41) is 3.85. The van der Waals surface area contributed by atoms with E-state index in [9.17, 15) is 13.6 Å². The van der Waals surface area contributed by atoms with Crippen LogP contribution in [0.1, 0.15) is 29.4 Å². The summed E-state index contributed by atoms with van der Waals surface area (Å²) in [4.78, 5) is 12.8. The van der Waals surface area contributed by atoms with Gasteiger partial charge >= 0.3 is 6.61 Å². The number of carbonyl (C=O) groups excluding carboxylic acids is 1. The van der Waals surface area contributed by atoms with Crippen molar-refractivity contribution in [2.45, 2.75) is 38.5 Å². The number of halogens is 3. The number of fused-ring (bicyclic) bond motifs is 1. The van der Waals surface area contributed by atoms with Gasteiger partial charge in [0.15, 0.2) is 0 Å². The molecule has 0 aliphatic carbocycles. The molecule has 130 valence electrons. The molecule has 0 radical (unpaired) electrons. The van der Waals surface area contributed by atoms with E-state index in [2.05, 4.69) is 10.1 Å². The van der Waals surface area contributed by atoms with E-state index in [1.165, 1.54) is 12.1 Å². The highest BCUT2D eigenvalue weighted by Crippen LogP contribution is 2.37. The molecule has 3 rings (SSSR count). The number of amides is 1. The van der Waals surface area contributed by atoms with Gasteiger partial charge in [0.2, 0.25) is 0 Å². The number of alkyl halides is 2. The summed E-state index contributed by atoms with van der Waals surface area (Å²) < 4.78 is 35.2. The summed E-state index contributed by atoms with van der Waals surface area (Å²) in [7, 11) is 0. The second-order valence-electron chi connectivity index (χ2n) is 5.60. The van der Waals surface area contributed by atoms with E-state index in [1.54, 1.807) is 6.07 Å². The fraction of sp³-hybridized carbons (Fsp3) is 0.438. The van der Waals surface area contributed by atoms with Gasteiger partial charge in [-0.3, -0.25) is 4.79 Å². The molecule has 1 aliphatic heterocycles. The summed E-state index contributed by atoms with van der Waals surface area (Å²) in [5.41, 5.74) is 0. The van der Waals surface area contributed by atoms with Crippen molar-refractivity contribution in [2.24, 2.45) is 0 Å². The lowest BCUT2D eigenvalue weighted by Crippen LogP contribution is -2.40. The van der Waals surface area contributed by atoms with Gasteiger partial charge in [0, 0.05) is 16.7 Å². The first-order chi connectivity index (χ1) is 11.5. The Morgan fingerprint density at radius 3 is 2.96 bits per heavy atom. The molecule has 1 fully saturated rings. The summed E-state index contributed by atoms with van der Waals surface area (Å²) in [6, 6.07) is 4.31. The summed E-state index contributed by atoms with van der Waals surface area (Å²) in [6.45, 7) is -0.293. The van der Waals surface area contributed by atoms with E-state index in [0.717, 1.165) is 24.2 Å². The lowest BCUT2D eigenvalue weighted by Gasteiger charge is -2.19. The van der Waals surface area contributed by atoms with Crippen molar-refractivity contribution in [2.75, 3.05) is 6.61 Å². The van der Waals surface area contributed by atoms with Gasteiger partial charge < -0.3 is 14.8 Å². The lowest BCUT2D eigenvalue weighted by atomic mass is 10.1. The third-order valence-electron chi connectivity index (χ3n) is 3.91. The number of hydrogen-bond acceptors (Lipinski definition) is 4. The fourth-order valence-corrected chi connectivity index (χ4v) is 4.18. The summed E-state index contributed by atoms with van der Waals surface area (Å²) in [5.74, 6) is -0.254. The summed E-state index contributed by atoms with van der Waals surface area (Å²) >= 11 is 7.43. The Kier molecular flexibility index (Phi) is 5.22. The maximum absolute atomic E-state index is 12.5. The fourth-order valence-electron chi connectivity index (χ4n) is 2.73. The topological polar surface area (TPSA) is 47.6 Å². The van der Waals surface area contributed by atoms with E-state index >= 15 is 0 Å². The van der Waals surface area contributed by atoms with Crippen molar-refractivity contribution in [3.05, 3.63) is 28.1 Å². The first-order valence-corrected chi connectivity index (χ1v) is 8.74. The smallest absolute Gasteiger partial charge is 0.387 e. The highest BCUT2D eigenvalue weighted by Gasteiger charge is 2.26. The number of thiophene rings is 1. The molecule has 0 saturated carbocycles. The van der Waals surface area contributed by atoms with Crippen molar-refractivity contribution >= 4 is 38.9 Å². The van der Waals surface area contributed by atoms with E-state index in [1.807, 2.05) is 6.92 Å². The maximum Gasteiger partial charge on any atom is 0.387 e. The number of hydrogen-bond donors (Lipinski definition) is 1. The Morgan fingerprint density at radius 1 is 1.50 bits per heavy atom. The van der Waals surface area contributed by atoms with Crippen LogP contribution in [-0.4, -0.2) is 31.3 Å². The molecule has 4 nitrogen and oxygen atoms in total. The monoisotopic (exact) mass is 375 g/mol. The number of ether oxygens (including phenoxy) is 2. The molecule has 1 aromatic heterocycles. The zero-order valence-electron chi connectivity index (χ0n) is 12.9. The molecule has 0 unspecified atom stereocenters. The molecule has 1 amide bonds. The van der Waals surface area contributed by atoms with E-state index in [4.69, 9.17) is 16.3 Å². The van der Waals surface area contributed by atoms with Gasteiger partial charge in [0.25, 0.3) is 5.91 Å². The normalized spacial score (nSPS) is 19.0. The first-order valence-electron chi connectivity index (χ1n) is 7.55. The van der Waals surface area contributed by atoms with Crippen molar-refractivity contribution in [3.63, 3.8) is 0 Å². The Hall–Kier alpha value is -1.44. The minimum absolute atomic E-state index is 0.00754. The molecule has 1 saturated heterocycles. The number of carbonyl (C=O) groups is 1. The van der Waals surface area contributed by atoms with E-state index in [0.29, 0.717) is 26.6 Å². The molecule has 0 bridgehead atoms. The van der Waals surface area contributed by atoms with E-state index in [-0.39, 0.29) is 23.8 Å². The largest absolute Gasteiger partial charge is 0.435 e. The van der Waals surface area contributed by atoms with Crippen LogP contribution < -0.4 is 10.1 Å². The van der Waals surface area contributed by atoms with Gasteiger partial charge in [-0.25, -0.2) is 0 Å². The van der Waals surface area contributed by atoms with Crippen LogP contribution in [0, 0.1) is 0 Å².